The van der Waals surface area contributed by atoms with E-state index < -0.39 is 0 Å². The van der Waals surface area contributed by atoms with Crippen molar-refractivity contribution in [1.82, 2.24) is 4.98 Å². The topological polar surface area (TPSA) is 39.2 Å². The van der Waals surface area contributed by atoms with Crippen molar-refractivity contribution in [1.29, 1.82) is 0 Å². The molecule has 108 valence electrons. The molecular weight excluding hydrogens is 262 g/mol. The van der Waals surface area contributed by atoms with Gasteiger partial charge >= 0.3 is 5.97 Å². The maximum atomic E-state index is 11.8. The average molecular weight is 281 g/mol. The summed E-state index contributed by atoms with van der Waals surface area (Å²) in [6, 6.07) is 10.4. The number of hydrogen-bond acceptors (Lipinski definition) is 3. The van der Waals surface area contributed by atoms with Gasteiger partial charge in [-0.1, -0.05) is 24.3 Å². The maximum absolute atomic E-state index is 11.8. The number of methoxy groups -OCH3 is 1. The van der Waals surface area contributed by atoms with E-state index in [1.54, 1.807) is 18.5 Å². The molecule has 3 heteroatoms. The standard InChI is InChI=1S/C18H19NO2/c1-21-18(20)17-10-11-19-12-15(17)9-8-13-4-2-3-5-16(13)14-6-7-14/h2-5,10-12,14H,6-9H2,1H3. The van der Waals surface area contributed by atoms with Gasteiger partial charge in [0.15, 0.2) is 0 Å². The number of rotatable bonds is 5. The summed E-state index contributed by atoms with van der Waals surface area (Å²) in [5.41, 5.74) is 4.44. The molecule has 1 fully saturated rings. The molecule has 1 saturated carbocycles. The van der Waals surface area contributed by atoms with Gasteiger partial charge in [-0.05, 0) is 54.4 Å². The summed E-state index contributed by atoms with van der Waals surface area (Å²) in [4.78, 5) is 15.9. The molecule has 0 atom stereocenters. The Labute approximate surface area is 125 Å². The number of pyridine rings is 1. The third kappa shape index (κ3) is 3.13. The summed E-state index contributed by atoms with van der Waals surface area (Å²) in [5, 5.41) is 0. The minimum absolute atomic E-state index is 0.289. The highest BCUT2D eigenvalue weighted by Gasteiger charge is 2.25. The molecule has 1 aromatic carbocycles. The van der Waals surface area contributed by atoms with Gasteiger partial charge in [-0.25, -0.2) is 4.79 Å². The second kappa shape index (κ2) is 6.08. The Morgan fingerprint density at radius 1 is 1.19 bits per heavy atom. The molecule has 0 saturated heterocycles. The van der Waals surface area contributed by atoms with Crippen LogP contribution in [-0.2, 0) is 17.6 Å². The normalized spacial score (nSPS) is 14.0. The molecule has 3 rings (SSSR count). The lowest BCUT2D eigenvalue weighted by molar-refractivity contribution is 0.0599. The van der Waals surface area contributed by atoms with Crippen LogP contribution in [0.15, 0.2) is 42.7 Å². The molecule has 1 heterocycles. The number of nitrogens with zero attached hydrogens (tertiary/aromatic N) is 1. The van der Waals surface area contributed by atoms with Crippen LogP contribution >= 0.6 is 0 Å². The quantitative estimate of drug-likeness (QED) is 0.787. The highest BCUT2D eigenvalue weighted by Crippen LogP contribution is 2.41. The summed E-state index contributed by atoms with van der Waals surface area (Å²) < 4.78 is 4.83. The van der Waals surface area contributed by atoms with E-state index in [4.69, 9.17) is 4.74 Å². The van der Waals surface area contributed by atoms with Gasteiger partial charge in [-0.2, -0.15) is 0 Å². The molecule has 1 aromatic heterocycles. The number of hydrogen-bond donors (Lipinski definition) is 0. The zero-order valence-electron chi connectivity index (χ0n) is 12.2. The molecule has 1 aliphatic rings. The molecule has 0 unspecified atom stereocenters. The van der Waals surface area contributed by atoms with Crippen LogP contribution in [0, 0.1) is 0 Å². The average Bonchev–Trinajstić information content (AvgIpc) is 3.37. The smallest absolute Gasteiger partial charge is 0.338 e. The molecule has 1 aliphatic carbocycles. The van der Waals surface area contributed by atoms with Crippen LogP contribution in [0.1, 0.15) is 45.8 Å². The van der Waals surface area contributed by atoms with Crippen molar-refractivity contribution in [3.63, 3.8) is 0 Å². The van der Waals surface area contributed by atoms with Crippen molar-refractivity contribution in [3.8, 4) is 0 Å². The van der Waals surface area contributed by atoms with E-state index >= 15 is 0 Å². The number of carbonyl (C=O) groups excluding carboxylic acids is 1. The van der Waals surface area contributed by atoms with E-state index in [0.717, 1.165) is 24.3 Å². The largest absolute Gasteiger partial charge is 0.465 e. The lowest BCUT2D eigenvalue weighted by Crippen LogP contribution is -2.07. The van der Waals surface area contributed by atoms with Crippen molar-refractivity contribution in [3.05, 3.63) is 65.0 Å². The van der Waals surface area contributed by atoms with Gasteiger partial charge in [0.2, 0.25) is 0 Å². The van der Waals surface area contributed by atoms with Crippen molar-refractivity contribution in [2.24, 2.45) is 0 Å². The monoisotopic (exact) mass is 281 g/mol. The number of aryl methyl sites for hydroxylation is 2. The number of carbonyl (C=O) groups is 1. The predicted molar refractivity (Wildman–Crippen MR) is 81.4 cm³/mol. The van der Waals surface area contributed by atoms with Crippen molar-refractivity contribution < 1.29 is 9.53 Å². The van der Waals surface area contributed by atoms with Gasteiger partial charge in [0.25, 0.3) is 0 Å². The first-order valence-corrected chi connectivity index (χ1v) is 7.38. The minimum Gasteiger partial charge on any atom is -0.465 e. The van der Waals surface area contributed by atoms with Crippen molar-refractivity contribution in [2.45, 2.75) is 31.6 Å². The van der Waals surface area contributed by atoms with E-state index in [2.05, 4.69) is 29.2 Å². The van der Waals surface area contributed by atoms with Crippen molar-refractivity contribution in [2.75, 3.05) is 7.11 Å². The second-order valence-electron chi connectivity index (χ2n) is 5.50. The Morgan fingerprint density at radius 3 is 2.71 bits per heavy atom. The van der Waals surface area contributed by atoms with E-state index in [0.29, 0.717) is 5.56 Å². The molecule has 21 heavy (non-hydrogen) atoms. The first kappa shape index (κ1) is 13.8. The highest BCUT2D eigenvalue weighted by atomic mass is 16.5. The van der Waals surface area contributed by atoms with Crippen LogP contribution in [0.5, 0.6) is 0 Å². The van der Waals surface area contributed by atoms with Gasteiger partial charge in [0.1, 0.15) is 0 Å². The summed E-state index contributed by atoms with van der Waals surface area (Å²) in [5.74, 6) is 0.457. The van der Waals surface area contributed by atoms with Gasteiger partial charge in [-0.15, -0.1) is 0 Å². The van der Waals surface area contributed by atoms with Gasteiger partial charge in [0, 0.05) is 12.4 Å². The summed E-state index contributed by atoms with van der Waals surface area (Å²) in [6.07, 6.45) is 7.75. The van der Waals surface area contributed by atoms with Gasteiger partial charge in [0.05, 0.1) is 12.7 Å². The summed E-state index contributed by atoms with van der Waals surface area (Å²) in [7, 11) is 1.41. The number of aromatic nitrogens is 1. The second-order valence-corrected chi connectivity index (χ2v) is 5.50. The SMILES string of the molecule is COC(=O)c1ccncc1CCc1ccccc1C1CC1. The number of ether oxygens (including phenoxy) is 1. The fourth-order valence-electron chi connectivity index (χ4n) is 2.76. The number of esters is 1. The van der Waals surface area contributed by atoms with Gasteiger partial charge in [-0.3, -0.25) is 4.98 Å². The third-order valence-corrected chi connectivity index (χ3v) is 4.04. The van der Waals surface area contributed by atoms with Crippen molar-refractivity contribution >= 4 is 5.97 Å². The molecule has 0 radical (unpaired) electrons. The Kier molecular flexibility index (Phi) is 4.00. The minimum atomic E-state index is -0.289. The van der Waals surface area contributed by atoms with Crippen LogP contribution in [0.25, 0.3) is 0 Å². The zero-order valence-corrected chi connectivity index (χ0v) is 12.2. The Bertz CT molecular complexity index is 647. The molecule has 0 spiro atoms. The highest BCUT2D eigenvalue weighted by molar-refractivity contribution is 5.90. The molecule has 0 aliphatic heterocycles. The van der Waals surface area contributed by atoms with E-state index in [1.165, 1.54) is 31.1 Å². The fourth-order valence-corrected chi connectivity index (χ4v) is 2.76. The lowest BCUT2D eigenvalue weighted by atomic mass is 9.96. The lowest BCUT2D eigenvalue weighted by Gasteiger charge is -2.10. The Hall–Kier alpha value is -2.16. The van der Waals surface area contributed by atoms with E-state index in [1.807, 2.05) is 0 Å². The molecular formula is C18H19NO2. The first-order valence-electron chi connectivity index (χ1n) is 7.38. The first-order chi connectivity index (χ1) is 10.3. The van der Waals surface area contributed by atoms with Crippen LogP contribution in [0.4, 0.5) is 0 Å². The zero-order chi connectivity index (χ0) is 14.7. The van der Waals surface area contributed by atoms with E-state index in [9.17, 15) is 4.79 Å². The molecule has 0 amide bonds. The van der Waals surface area contributed by atoms with Gasteiger partial charge < -0.3 is 4.74 Å². The third-order valence-electron chi connectivity index (χ3n) is 4.04. The van der Waals surface area contributed by atoms with Crippen LogP contribution in [0.2, 0.25) is 0 Å². The fraction of sp³-hybridized carbons (Fsp3) is 0.333. The van der Waals surface area contributed by atoms with Crippen LogP contribution in [-0.4, -0.2) is 18.1 Å². The molecule has 3 nitrogen and oxygen atoms in total. The Morgan fingerprint density at radius 2 is 1.95 bits per heavy atom. The molecule has 2 aromatic rings. The molecule has 0 bridgehead atoms. The summed E-state index contributed by atoms with van der Waals surface area (Å²) >= 11 is 0. The van der Waals surface area contributed by atoms with E-state index in [-0.39, 0.29) is 5.97 Å². The van der Waals surface area contributed by atoms with Crippen LogP contribution < -0.4 is 0 Å². The molecule has 0 N–H and O–H groups in total. The van der Waals surface area contributed by atoms with Crippen LogP contribution in [0.3, 0.4) is 0 Å². The predicted octanol–water partition coefficient (Wildman–Crippen LogP) is 3.53. The maximum Gasteiger partial charge on any atom is 0.338 e. The number of benzene rings is 1. The Balaban J connectivity index is 1.78. The summed E-state index contributed by atoms with van der Waals surface area (Å²) in [6.45, 7) is 0.